The zero-order valence-corrected chi connectivity index (χ0v) is 28.1. The SMILES string of the molecule is C[C@H]1CN(c2ccc(B3OC(C)(C)C(C)(C)O3)cc2)CCN1C1CCN(c2cccc3c(C4CCC(=O)NC4=O)nn(C)c23)CC1. The van der Waals surface area contributed by atoms with Gasteiger partial charge in [0.15, 0.2) is 0 Å². The maximum absolute atomic E-state index is 12.7. The molecule has 4 fully saturated rings. The molecule has 2 atom stereocenters. The van der Waals surface area contributed by atoms with Gasteiger partial charge >= 0.3 is 7.12 Å². The fourth-order valence-corrected chi connectivity index (χ4v) is 7.82. The van der Waals surface area contributed by atoms with Gasteiger partial charge in [-0.15, -0.1) is 0 Å². The Morgan fingerprint density at radius 1 is 0.891 bits per heavy atom. The molecule has 244 valence electrons. The van der Waals surface area contributed by atoms with Crippen molar-refractivity contribution < 1.29 is 18.9 Å². The average Bonchev–Trinajstić information content (AvgIpc) is 3.48. The predicted molar refractivity (Wildman–Crippen MR) is 182 cm³/mol. The van der Waals surface area contributed by atoms with Gasteiger partial charge in [0.25, 0.3) is 0 Å². The monoisotopic (exact) mass is 626 g/mol. The van der Waals surface area contributed by atoms with Crippen molar-refractivity contribution in [2.24, 2.45) is 7.05 Å². The molecule has 1 N–H and O–H groups in total. The summed E-state index contributed by atoms with van der Waals surface area (Å²) in [7, 11) is 1.62. The van der Waals surface area contributed by atoms with Gasteiger partial charge < -0.3 is 19.1 Å². The van der Waals surface area contributed by atoms with Gasteiger partial charge in [0.05, 0.1) is 34.0 Å². The van der Waals surface area contributed by atoms with Gasteiger partial charge in [-0.3, -0.25) is 24.5 Å². The average molecular weight is 627 g/mol. The van der Waals surface area contributed by atoms with E-state index < -0.39 is 5.92 Å². The van der Waals surface area contributed by atoms with Gasteiger partial charge in [-0.2, -0.15) is 5.10 Å². The molecular weight excluding hydrogens is 579 g/mol. The Kier molecular flexibility index (Phi) is 7.93. The second kappa shape index (κ2) is 11.7. The van der Waals surface area contributed by atoms with Crippen LogP contribution in [-0.4, -0.2) is 89.6 Å². The number of hydrogen-bond donors (Lipinski definition) is 1. The number of imide groups is 1. The molecule has 0 spiro atoms. The number of piperazine rings is 1. The molecular formula is C35H47BN6O4. The van der Waals surface area contributed by atoms with Crippen LogP contribution >= 0.6 is 0 Å². The van der Waals surface area contributed by atoms with Crippen molar-refractivity contribution in [1.29, 1.82) is 0 Å². The van der Waals surface area contributed by atoms with Crippen LogP contribution in [0.1, 0.15) is 71.9 Å². The van der Waals surface area contributed by atoms with Crippen molar-refractivity contribution in [2.45, 2.75) is 89.5 Å². The molecule has 4 aliphatic rings. The molecule has 1 aromatic heterocycles. The predicted octanol–water partition coefficient (Wildman–Crippen LogP) is 3.57. The molecule has 46 heavy (non-hydrogen) atoms. The van der Waals surface area contributed by atoms with Crippen LogP contribution in [0.15, 0.2) is 42.5 Å². The molecule has 5 heterocycles. The molecule has 1 unspecified atom stereocenters. The Hall–Kier alpha value is -3.41. The number of carbonyl (C=O) groups excluding carboxylic acids is 2. The topological polar surface area (TPSA) is 92.2 Å². The molecule has 10 nitrogen and oxygen atoms in total. The molecule has 3 aromatic rings. The number of aryl methyl sites for hydroxylation is 1. The van der Waals surface area contributed by atoms with Crippen LogP contribution in [0.25, 0.3) is 10.9 Å². The van der Waals surface area contributed by atoms with E-state index in [4.69, 9.17) is 14.4 Å². The molecule has 2 aromatic carbocycles. The van der Waals surface area contributed by atoms with Crippen LogP contribution < -0.4 is 20.6 Å². The largest absolute Gasteiger partial charge is 0.494 e. The molecule has 0 radical (unpaired) electrons. The normalized spacial score (nSPS) is 25.8. The number of amides is 2. The summed E-state index contributed by atoms with van der Waals surface area (Å²) in [4.78, 5) is 32.1. The highest BCUT2D eigenvalue weighted by molar-refractivity contribution is 6.62. The van der Waals surface area contributed by atoms with Gasteiger partial charge in [0.2, 0.25) is 11.8 Å². The summed E-state index contributed by atoms with van der Waals surface area (Å²) < 4.78 is 14.4. The highest BCUT2D eigenvalue weighted by Gasteiger charge is 2.51. The van der Waals surface area contributed by atoms with Crippen molar-refractivity contribution in [2.75, 3.05) is 42.5 Å². The third kappa shape index (κ3) is 5.50. The van der Waals surface area contributed by atoms with Crippen LogP contribution in [-0.2, 0) is 25.9 Å². The van der Waals surface area contributed by atoms with Crippen LogP contribution in [0.2, 0.25) is 0 Å². The lowest BCUT2D eigenvalue weighted by atomic mass is 9.79. The van der Waals surface area contributed by atoms with Crippen molar-refractivity contribution in [3.63, 3.8) is 0 Å². The molecule has 0 aliphatic carbocycles. The molecule has 4 saturated heterocycles. The van der Waals surface area contributed by atoms with Crippen molar-refractivity contribution in [3.8, 4) is 0 Å². The van der Waals surface area contributed by atoms with E-state index in [0.717, 1.165) is 67.6 Å². The number of aromatic nitrogens is 2. The Balaban J connectivity index is 0.974. The minimum absolute atomic E-state index is 0.200. The molecule has 0 saturated carbocycles. The van der Waals surface area contributed by atoms with Gasteiger partial charge in [-0.05, 0) is 77.5 Å². The van der Waals surface area contributed by atoms with Crippen LogP contribution in [0, 0.1) is 0 Å². The fourth-order valence-electron chi connectivity index (χ4n) is 7.82. The van der Waals surface area contributed by atoms with E-state index in [1.165, 1.54) is 11.4 Å². The summed E-state index contributed by atoms with van der Waals surface area (Å²) in [5.74, 6) is -0.834. The van der Waals surface area contributed by atoms with Gasteiger partial charge in [-0.1, -0.05) is 24.3 Å². The number of benzene rings is 2. The first kappa shape index (κ1) is 31.2. The van der Waals surface area contributed by atoms with E-state index in [9.17, 15) is 9.59 Å². The fraction of sp³-hybridized carbons (Fsp3) is 0.571. The lowest BCUT2D eigenvalue weighted by molar-refractivity contribution is -0.134. The van der Waals surface area contributed by atoms with Crippen LogP contribution in [0.3, 0.4) is 0 Å². The third-order valence-corrected chi connectivity index (χ3v) is 11.2. The summed E-state index contributed by atoms with van der Waals surface area (Å²) in [5, 5.41) is 8.30. The molecule has 4 aliphatic heterocycles. The third-order valence-electron chi connectivity index (χ3n) is 11.2. The summed E-state index contributed by atoms with van der Waals surface area (Å²) in [6, 6.07) is 16.1. The second-order valence-electron chi connectivity index (χ2n) is 14.6. The standard InChI is InChI=1S/C35H47BN6O4/c1-23-22-41(25-12-10-24(11-13-25)36-45-34(2,3)35(4,5)46-36)20-21-42(23)26-16-18-40(19-17-26)29-9-7-8-27-31(38-39(6)32(27)29)28-14-15-30(43)37-33(28)44/h7-13,23,26,28H,14-22H2,1-6H3,(H,37,43,44)/t23-,28?/m0/s1. The smallest absolute Gasteiger partial charge is 0.399 e. The summed E-state index contributed by atoms with van der Waals surface area (Å²) in [6.45, 7) is 15.8. The number of rotatable bonds is 5. The first-order valence-electron chi connectivity index (χ1n) is 16.9. The summed E-state index contributed by atoms with van der Waals surface area (Å²) >= 11 is 0. The Morgan fingerprint density at radius 3 is 2.24 bits per heavy atom. The number of nitrogens with zero attached hydrogens (tertiary/aromatic N) is 5. The van der Waals surface area contributed by atoms with Crippen molar-refractivity contribution >= 4 is 46.7 Å². The molecule has 7 rings (SSSR count). The van der Waals surface area contributed by atoms with E-state index in [1.807, 2.05) is 11.7 Å². The van der Waals surface area contributed by atoms with E-state index in [-0.39, 0.29) is 30.1 Å². The molecule has 11 heteroatoms. The van der Waals surface area contributed by atoms with Crippen molar-refractivity contribution in [1.82, 2.24) is 20.0 Å². The van der Waals surface area contributed by atoms with Crippen LogP contribution in [0.5, 0.6) is 0 Å². The lowest BCUT2D eigenvalue weighted by Crippen LogP contribution is -2.57. The number of hydrogen-bond acceptors (Lipinski definition) is 8. The minimum Gasteiger partial charge on any atom is -0.399 e. The number of para-hydroxylation sites is 1. The number of nitrogens with one attached hydrogen (secondary N) is 1. The van der Waals surface area contributed by atoms with Gasteiger partial charge in [-0.25, -0.2) is 0 Å². The maximum atomic E-state index is 12.7. The molecule has 0 bridgehead atoms. The van der Waals surface area contributed by atoms with E-state index in [1.54, 1.807) is 0 Å². The summed E-state index contributed by atoms with van der Waals surface area (Å²) in [6.07, 6.45) is 3.08. The number of fused-ring (bicyclic) bond motifs is 1. The van der Waals surface area contributed by atoms with E-state index in [0.29, 0.717) is 24.9 Å². The maximum Gasteiger partial charge on any atom is 0.494 e. The van der Waals surface area contributed by atoms with Gasteiger partial charge in [0, 0.05) is 69.3 Å². The quantitative estimate of drug-likeness (QED) is 0.340. The molecule has 2 amide bonds. The lowest BCUT2D eigenvalue weighted by Gasteiger charge is -2.47. The second-order valence-corrected chi connectivity index (χ2v) is 14.6. The van der Waals surface area contributed by atoms with Gasteiger partial charge in [0.1, 0.15) is 0 Å². The Morgan fingerprint density at radius 2 is 1.59 bits per heavy atom. The minimum atomic E-state index is -0.393. The van der Waals surface area contributed by atoms with Crippen LogP contribution in [0.4, 0.5) is 11.4 Å². The highest BCUT2D eigenvalue weighted by atomic mass is 16.7. The van der Waals surface area contributed by atoms with E-state index in [2.05, 4.69) is 97.1 Å². The number of carbonyl (C=O) groups is 2. The van der Waals surface area contributed by atoms with E-state index >= 15 is 0 Å². The zero-order valence-electron chi connectivity index (χ0n) is 28.1. The Labute approximate surface area is 272 Å². The zero-order chi connectivity index (χ0) is 32.4. The first-order valence-corrected chi connectivity index (χ1v) is 16.9. The Bertz CT molecular complexity index is 1610. The number of anilines is 2. The summed E-state index contributed by atoms with van der Waals surface area (Å²) in [5.41, 5.74) is 4.64. The van der Waals surface area contributed by atoms with Crippen molar-refractivity contribution in [3.05, 3.63) is 48.2 Å². The first-order chi connectivity index (χ1) is 21.9. The highest BCUT2D eigenvalue weighted by Crippen LogP contribution is 2.38. The number of piperidine rings is 2.